The lowest BCUT2D eigenvalue weighted by atomic mass is 10.2. The zero-order valence-electron chi connectivity index (χ0n) is 17.6. The zero-order chi connectivity index (χ0) is 21.0. The van der Waals surface area contributed by atoms with E-state index in [9.17, 15) is 13.2 Å². The van der Waals surface area contributed by atoms with Crippen LogP contribution < -0.4 is 5.32 Å². The number of carbonyl (C=O) groups excluding carboxylic acids is 1. The molecule has 0 aromatic carbocycles. The van der Waals surface area contributed by atoms with Crippen molar-refractivity contribution in [2.75, 3.05) is 18.8 Å². The highest BCUT2D eigenvalue weighted by atomic mass is 32.2. The molecule has 1 amide bonds. The van der Waals surface area contributed by atoms with Gasteiger partial charge in [0, 0.05) is 37.6 Å². The van der Waals surface area contributed by atoms with Crippen molar-refractivity contribution < 1.29 is 13.2 Å². The van der Waals surface area contributed by atoms with E-state index < -0.39 is 10.0 Å². The van der Waals surface area contributed by atoms with Gasteiger partial charge in [0.05, 0.1) is 5.75 Å². The fraction of sp³-hybridized carbons (Fsp3) is 0.636. The molecular weight excluding hydrogens is 386 g/mol. The molecule has 1 aromatic heterocycles. The maximum Gasteiger partial charge on any atom is 0.243 e. The van der Waals surface area contributed by atoms with Crippen LogP contribution in [0.25, 0.3) is 6.08 Å². The third-order valence-corrected chi connectivity index (χ3v) is 7.31. The smallest absolute Gasteiger partial charge is 0.243 e. The molecule has 1 fully saturated rings. The third kappa shape index (κ3) is 8.66. The first-order valence-corrected chi connectivity index (χ1v) is 12.5. The van der Waals surface area contributed by atoms with Gasteiger partial charge in [-0.05, 0) is 49.8 Å². The number of sulfonamides is 1. The van der Waals surface area contributed by atoms with E-state index in [0.717, 1.165) is 56.9 Å². The molecule has 0 radical (unpaired) electrons. The molecule has 0 unspecified atom stereocenters. The zero-order valence-corrected chi connectivity index (χ0v) is 18.4. The average Bonchev–Trinajstić information content (AvgIpc) is 3.24. The largest absolute Gasteiger partial charge is 0.353 e. The summed E-state index contributed by atoms with van der Waals surface area (Å²) in [7, 11) is -3.19. The van der Waals surface area contributed by atoms with Gasteiger partial charge < -0.3 is 5.32 Å². The highest BCUT2D eigenvalue weighted by molar-refractivity contribution is 7.89. The number of nitrogens with one attached hydrogen (secondary N) is 1. The molecule has 29 heavy (non-hydrogen) atoms. The SMILES string of the molecule is CCCCN(C1CCCC1)S(=O)(=O)CCCCCNC(=O)/C=C/c1cccnc1. The number of hydrogen-bond acceptors (Lipinski definition) is 4. The van der Waals surface area contributed by atoms with Crippen LogP contribution in [0.15, 0.2) is 30.6 Å². The average molecular weight is 422 g/mol. The maximum atomic E-state index is 12.8. The summed E-state index contributed by atoms with van der Waals surface area (Å²) in [4.78, 5) is 15.8. The first-order valence-electron chi connectivity index (χ1n) is 10.9. The second kappa shape index (κ2) is 12.8. The number of rotatable bonds is 13. The number of aromatic nitrogens is 1. The van der Waals surface area contributed by atoms with E-state index in [-0.39, 0.29) is 17.7 Å². The Morgan fingerprint density at radius 3 is 2.72 bits per heavy atom. The van der Waals surface area contributed by atoms with Crippen LogP contribution in [0.2, 0.25) is 0 Å². The van der Waals surface area contributed by atoms with E-state index in [1.165, 1.54) is 6.08 Å². The molecule has 0 spiro atoms. The second-order valence-corrected chi connectivity index (χ2v) is 9.73. The summed E-state index contributed by atoms with van der Waals surface area (Å²) in [6, 6.07) is 3.91. The first kappa shape index (κ1) is 23.5. The molecule has 6 nitrogen and oxygen atoms in total. The van der Waals surface area contributed by atoms with Crippen molar-refractivity contribution in [1.29, 1.82) is 0 Å². The van der Waals surface area contributed by atoms with Crippen LogP contribution in [0, 0.1) is 0 Å². The molecule has 1 saturated carbocycles. The van der Waals surface area contributed by atoms with Crippen LogP contribution in [-0.4, -0.2) is 48.5 Å². The molecule has 1 heterocycles. The topological polar surface area (TPSA) is 79.4 Å². The van der Waals surface area contributed by atoms with Crippen LogP contribution in [0.4, 0.5) is 0 Å². The predicted molar refractivity (Wildman–Crippen MR) is 118 cm³/mol. The fourth-order valence-corrected chi connectivity index (χ4v) is 5.55. The van der Waals surface area contributed by atoms with Crippen molar-refractivity contribution >= 4 is 22.0 Å². The van der Waals surface area contributed by atoms with Crippen molar-refractivity contribution in [1.82, 2.24) is 14.6 Å². The van der Waals surface area contributed by atoms with Gasteiger partial charge in [-0.15, -0.1) is 0 Å². The lowest BCUT2D eigenvalue weighted by molar-refractivity contribution is -0.116. The number of nitrogens with zero attached hydrogens (tertiary/aromatic N) is 2. The third-order valence-electron chi connectivity index (χ3n) is 5.31. The highest BCUT2D eigenvalue weighted by Gasteiger charge is 2.30. The van der Waals surface area contributed by atoms with Crippen LogP contribution in [-0.2, 0) is 14.8 Å². The fourth-order valence-electron chi connectivity index (χ4n) is 3.68. The van der Waals surface area contributed by atoms with Crippen molar-refractivity contribution in [2.24, 2.45) is 0 Å². The Balaban J connectivity index is 1.66. The Kier molecular flexibility index (Phi) is 10.4. The molecule has 162 valence electrons. The van der Waals surface area contributed by atoms with E-state index in [2.05, 4.69) is 17.2 Å². The molecule has 0 atom stereocenters. The van der Waals surface area contributed by atoms with Gasteiger partial charge in [-0.1, -0.05) is 38.7 Å². The lowest BCUT2D eigenvalue weighted by Gasteiger charge is -2.28. The van der Waals surface area contributed by atoms with Gasteiger partial charge in [0.2, 0.25) is 15.9 Å². The normalized spacial score (nSPS) is 15.4. The monoisotopic (exact) mass is 421 g/mol. The molecule has 1 N–H and O–H groups in total. The molecule has 1 aliphatic carbocycles. The molecule has 0 aliphatic heterocycles. The molecule has 0 saturated heterocycles. The summed E-state index contributed by atoms with van der Waals surface area (Å²) in [5.74, 6) is 0.0654. The Morgan fingerprint density at radius 2 is 2.03 bits per heavy atom. The van der Waals surface area contributed by atoms with Gasteiger partial charge in [-0.25, -0.2) is 8.42 Å². The molecule has 1 aromatic rings. The first-order chi connectivity index (χ1) is 14.0. The van der Waals surface area contributed by atoms with E-state index in [1.807, 2.05) is 12.1 Å². The van der Waals surface area contributed by atoms with E-state index in [4.69, 9.17) is 0 Å². The van der Waals surface area contributed by atoms with E-state index in [1.54, 1.807) is 22.8 Å². The van der Waals surface area contributed by atoms with Gasteiger partial charge in [-0.3, -0.25) is 9.78 Å². The summed E-state index contributed by atoms with van der Waals surface area (Å²) >= 11 is 0. The van der Waals surface area contributed by atoms with Crippen molar-refractivity contribution in [3.8, 4) is 0 Å². The van der Waals surface area contributed by atoms with Gasteiger partial charge >= 0.3 is 0 Å². The Labute approximate surface area is 175 Å². The van der Waals surface area contributed by atoms with Gasteiger partial charge in [0.15, 0.2) is 0 Å². The minimum atomic E-state index is -3.19. The Morgan fingerprint density at radius 1 is 1.24 bits per heavy atom. The summed E-state index contributed by atoms with van der Waals surface area (Å²) in [5.41, 5.74) is 0.878. The summed E-state index contributed by atoms with van der Waals surface area (Å²) in [6.45, 7) is 3.31. The van der Waals surface area contributed by atoms with E-state index >= 15 is 0 Å². The molecule has 1 aliphatic rings. The predicted octanol–water partition coefficient (Wildman–Crippen LogP) is 3.76. The lowest BCUT2D eigenvalue weighted by Crippen LogP contribution is -2.40. The molecular formula is C22H35N3O3S. The quantitative estimate of drug-likeness (QED) is 0.388. The van der Waals surface area contributed by atoms with Crippen molar-refractivity contribution in [3.63, 3.8) is 0 Å². The van der Waals surface area contributed by atoms with E-state index in [0.29, 0.717) is 19.5 Å². The van der Waals surface area contributed by atoms with Crippen LogP contribution in [0.3, 0.4) is 0 Å². The van der Waals surface area contributed by atoms with Gasteiger partial charge in [-0.2, -0.15) is 4.31 Å². The standard InChI is InChI=1S/C22H35N3O3S/c1-2-3-17-25(21-11-5-6-12-21)29(27,28)18-8-4-7-16-24-22(26)14-13-20-10-9-15-23-19-20/h9-10,13-15,19,21H,2-8,11-12,16-18H2,1H3,(H,24,26)/b14-13+. The number of hydrogen-bond donors (Lipinski definition) is 1. The maximum absolute atomic E-state index is 12.8. The van der Waals surface area contributed by atoms with Crippen LogP contribution in [0.1, 0.15) is 70.3 Å². The van der Waals surface area contributed by atoms with Crippen molar-refractivity contribution in [2.45, 2.75) is 70.8 Å². The minimum absolute atomic E-state index is 0.145. The number of carbonyl (C=O) groups is 1. The summed E-state index contributed by atoms with van der Waals surface area (Å²) < 4.78 is 27.4. The van der Waals surface area contributed by atoms with Gasteiger partial charge in [0.25, 0.3) is 0 Å². The van der Waals surface area contributed by atoms with Crippen LogP contribution >= 0.6 is 0 Å². The number of pyridine rings is 1. The van der Waals surface area contributed by atoms with Crippen molar-refractivity contribution in [3.05, 3.63) is 36.2 Å². The Hall–Kier alpha value is -1.73. The van der Waals surface area contributed by atoms with Gasteiger partial charge in [0.1, 0.15) is 0 Å². The minimum Gasteiger partial charge on any atom is -0.353 e. The number of amides is 1. The highest BCUT2D eigenvalue weighted by Crippen LogP contribution is 2.26. The summed E-state index contributed by atoms with van der Waals surface area (Å²) in [6.07, 6.45) is 15.0. The number of unbranched alkanes of at least 4 members (excludes halogenated alkanes) is 3. The molecule has 0 bridgehead atoms. The Bertz CT molecular complexity index is 729. The second-order valence-electron chi connectivity index (χ2n) is 7.69. The summed E-state index contributed by atoms with van der Waals surface area (Å²) in [5, 5.41) is 2.84. The molecule has 7 heteroatoms. The van der Waals surface area contributed by atoms with Crippen LogP contribution in [0.5, 0.6) is 0 Å². The molecule has 2 rings (SSSR count).